The van der Waals surface area contributed by atoms with E-state index in [1.807, 2.05) is 11.8 Å². The Bertz CT molecular complexity index is 493. The van der Waals surface area contributed by atoms with Crippen molar-refractivity contribution >= 4 is 50.4 Å². The molecular weight excluding hydrogens is 278 g/mol. The maximum atomic E-state index is 3.47. The highest BCUT2D eigenvalue weighted by atomic mass is 79.9. The summed E-state index contributed by atoms with van der Waals surface area (Å²) >= 11 is 7.09. The highest BCUT2D eigenvalue weighted by Gasteiger charge is 2.16. The number of thiophene rings is 1. The Balaban J connectivity index is 2.12. The molecule has 1 N–H and O–H groups in total. The summed E-state index contributed by atoms with van der Waals surface area (Å²) < 4.78 is 2.46. The molecule has 1 aliphatic heterocycles. The summed E-state index contributed by atoms with van der Waals surface area (Å²) in [6, 6.07) is 8.45. The summed E-state index contributed by atoms with van der Waals surface area (Å²) in [4.78, 5) is 1.29. The molecule has 1 aromatic heterocycles. The highest BCUT2D eigenvalue weighted by molar-refractivity contribution is 9.10. The monoisotopic (exact) mass is 283 g/mol. The molecule has 0 radical (unpaired) electrons. The van der Waals surface area contributed by atoms with Gasteiger partial charge in [-0.05, 0) is 29.6 Å². The van der Waals surface area contributed by atoms with E-state index in [0.29, 0.717) is 0 Å². The van der Waals surface area contributed by atoms with Gasteiger partial charge in [0.25, 0.3) is 0 Å². The lowest BCUT2D eigenvalue weighted by Crippen LogP contribution is -1.96. The average molecular weight is 284 g/mol. The molecule has 0 amide bonds. The van der Waals surface area contributed by atoms with Crippen molar-refractivity contribution in [3.05, 3.63) is 34.1 Å². The maximum Gasteiger partial charge on any atom is 0.0882 e. The largest absolute Gasteiger partial charge is 0.353 e. The molecule has 4 heteroatoms. The second-order valence-corrected chi connectivity index (χ2v) is 6.13. The lowest BCUT2D eigenvalue weighted by molar-refractivity contribution is 1.36. The molecule has 3 rings (SSSR count). The molecule has 2 aromatic rings. The van der Waals surface area contributed by atoms with Crippen molar-refractivity contribution in [3.63, 3.8) is 0 Å². The molecule has 14 heavy (non-hydrogen) atoms. The summed E-state index contributed by atoms with van der Waals surface area (Å²) in [6.07, 6.45) is 0. The van der Waals surface area contributed by atoms with Gasteiger partial charge >= 0.3 is 0 Å². The molecular formula is C10H6BrNS2. The Morgan fingerprint density at radius 2 is 2.07 bits per heavy atom. The van der Waals surface area contributed by atoms with E-state index in [4.69, 9.17) is 0 Å². The van der Waals surface area contributed by atoms with Gasteiger partial charge in [0.15, 0.2) is 0 Å². The summed E-state index contributed by atoms with van der Waals surface area (Å²) in [7, 11) is 0. The molecule has 0 saturated carbocycles. The minimum absolute atomic E-state index is 1.11. The average Bonchev–Trinajstić information content (AvgIpc) is 2.61. The van der Waals surface area contributed by atoms with Gasteiger partial charge < -0.3 is 5.32 Å². The lowest BCUT2D eigenvalue weighted by atomic mass is 10.3. The Morgan fingerprint density at radius 1 is 1.14 bits per heavy atom. The number of hydrogen-bond acceptors (Lipinski definition) is 3. The van der Waals surface area contributed by atoms with E-state index in [0.717, 1.165) is 4.47 Å². The normalized spacial score (nSPS) is 12.9. The number of rotatable bonds is 0. The van der Waals surface area contributed by atoms with Gasteiger partial charge in [-0.2, -0.15) is 0 Å². The summed E-state index contributed by atoms with van der Waals surface area (Å²) in [5.74, 6) is 0. The topological polar surface area (TPSA) is 12.0 Å². The van der Waals surface area contributed by atoms with Crippen molar-refractivity contribution in [2.75, 3.05) is 5.32 Å². The Morgan fingerprint density at radius 3 is 3.00 bits per heavy atom. The second-order valence-electron chi connectivity index (χ2n) is 2.99. The third-order valence-electron chi connectivity index (χ3n) is 2.04. The van der Waals surface area contributed by atoms with Gasteiger partial charge in [-0.25, -0.2) is 0 Å². The molecule has 0 saturated heterocycles. The van der Waals surface area contributed by atoms with Crippen LogP contribution in [0.2, 0.25) is 0 Å². The molecule has 0 fully saturated rings. The standard InChI is InChI=1S/C10H6BrNS2/c11-6-1-2-9-8(5-6)12-7-3-4-13-10(7)14-9/h1-5,12H. The van der Waals surface area contributed by atoms with Crippen molar-refractivity contribution in [1.29, 1.82) is 0 Å². The molecule has 0 spiro atoms. The van der Waals surface area contributed by atoms with Gasteiger partial charge in [0, 0.05) is 9.37 Å². The molecule has 1 aromatic carbocycles. The van der Waals surface area contributed by atoms with Crippen LogP contribution in [0.3, 0.4) is 0 Å². The van der Waals surface area contributed by atoms with Crippen LogP contribution in [0.5, 0.6) is 0 Å². The van der Waals surface area contributed by atoms with Crippen molar-refractivity contribution in [2.45, 2.75) is 9.10 Å². The number of benzene rings is 1. The Kier molecular flexibility index (Phi) is 2.08. The lowest BCUT2D eigenvalue weighted by Gasteiger charge is -2.17. The van der Waals surface area contributed by atoms with Crippen LogP contribution in [-0.4, -0.2) is 0 Å². The van der Waals surface area contributed by atoms with Crippen molar-refractivity contribution < 1.29 is 0 Å². The molecule has 0 bridgehead atoms. The Hall–Kier alpha value is -0.450. The van der Waals surface area contributed by atoms with Crippen LogP contribution in [0, 0.1) is 0 Å². The zero-order valence-electron chi connectivity index (χ0n) is 7.08. The van der Waals surface area contributed by atoms with Crippen LogP contribution in [0.1, 0.15) is 0 Å². The van der Waals surface area contributed by atoms with Crippen molar-refractivity contribution in [2.24, 2.45) is 0 Å². The predicted molar refractivity (Wildman–Crippen MR) is 65.9 cm³/mol. The molecule has 0 aliphatic carbocycles. The van der Waals surface area contributed by atoms with Gasteiger partial charge in [0.1, 0.15) is 0 Å². The van der Waals surface area contributed by atoms with E-state index in [9.17, 15) is 0 Å². The zero-order chi connectivity index (χ0) is 9.54. The first-order valence-electron chi connectivity index (χ1n) is 4.15. The highest BCUT2D eigenvalue weighted by Crippen LogP contribution is 2.47. The fourth-order valence-electron chi connectivity index (χ4n) is 1.40. The molecule has 2 heterocycles. The number of nitrogens with one attached hydrogen (secondary N) is 1. The number of anilines is 2. The van der Waals surface area contributed by atoms with Gasteiger partial charge in [-0.15, -0.1) is 11.3 Å². The SMILES string of the molecule is Brc1ccc2c(c1)Nc1ccsc1S2. The fourth-order valence-corrected chi connectivity index (χ4v) is 3.75. The first kappa shape index (κ1) is 8.83. The summed E-state index contributed by atoms with van der Waals surface area (Å²) in [6.45, 7) is 0. The zero-order valence-corrected chi connectivity index (χ0v) is 10.3. The van der Waals surface area contributed by atoms with Gasteiger partial charge in [-0.1, -0.05) is 27.7 Å². The summed E-state index contributed by atoms with van der Waals surface area (Å²) in [5.41, 5.74) is 2.42. The number of fused-ring (bicyclic) bond motifs is 2. The third-order valence-corrected chi connectivity index (χ3v) is 4.76. The van der Waals surface area contributed by atoms with Crippen LogP contribution in [0.15, 0.2) is 43.2 Å². The van der Waals surface area contributed by atoms with E-state index < -0.39 is 0 Å². The number of halogens is 1. The predicted octanol–water partition coefficient (Wildman–Crippen LogP) is 4.72. The second kappa shape index (κ2) is 3.29. The third kappa shape index (κ3) is 1.38. The van der Waals surface area contributed by atoms with Gasteiger partial charge in [0.05, 0.1) is 15.6 Å². The summed E-state index contributed by atoms with van der Waals surface area (Å²) in [5, 5.41) is 5.54. The molecule has 0 unspecified atom stereocenters. The van der Waals surface area contributed by atoms with Crippen LogP contribution < -0.4 is 5.32 Å². The van der Waals surface area contributed by atoms with Gasteiger partial charge in [0.2, 0.25) is 0 Å². The Labute approximate surface area is 98.7 Å². The smallest absolute Gasteiger partial charge is 0.0882 e. The van der Waals surface area contributed by atoms with Crippen molar-refractivity contribution in [3.8, 4) is 0 Å². The van der Waals surface area contributed by atoms with E-state index in [2.05, 4.69) is 50.9 Å². The van der Waals surface area contributed by atoms with Crippen LogP contribution in [0.4, 0.5) is 11.4 Å². The first-order chi connectivity index (χ1) is 6.83. The van der Waals surface area contributed by atoms with Crippen LogP contribution in [-0.2, 0) is 0 Å². The van der Waals surface area contributed by atoms with E-state index in [1.165, 1.54) is 20.5 Å². The van der Waals surface area contributed by atoms with Crippen LogP contribution >= 0.6 is 39.0 Å². The van der Waals surface area contributed by atoms with Crippen LogP contribution in [0.25, 0.3) is 0 Å². The van der Waals surface area contributed by atoms with Crippen molar-refractivity contribution in [1.82, 2.24) is 0 Å². The first-order valence-corrected chi connectivity index (χ1v) is 6.64. The molecule has 70 valence electrons. The minimum atomic E-state index is 1.11. The quantitative estimate of drug-likeness (QED) is 0.641. The number of hydrogen-bond donors (Lipinski definition) is 1. The maximum absolute atomic E-state index is 3.47. The molecule has 0 atom stereocenters. The van der Waals surface area contributed by atoms with Gasteiger partial charge in [-0.3, -0.25) is 0 Å². The fraction of sp³-hybridized carbons (Fsp3) is 0. The molecule has 1 nitrogen and oxygen atoms in total. The van der Waals surface area contributed by atoms with E-state index >= 15 is 0 Å². The van der Waals surface area contributed by atoms with E-state index in [-0.39, 0.29) is 0 Å². The minimum Gasteiger partial charge on any atom is -0.353 e. The molecule has 1 aliphatic rings. The van der Waals surface area contributed by atoms with E-state index in [1.54, 1.807) is 11.3 Å².